The maximum Gasteiger partial charge on any atom is 0.264 e. The predicted octanol–water partition coefficient (Wildman–Crippen LogP) is 7.60. The third kappa shape index (κ3) is 10.3. The normalized spacial score (nSPS) is 15.7. The SMILES string of the molecule is CC.COC.CSNC(=O)c1cc(C2CC2)c(OCC2CCN(Cc3cc(Cl)cc(Cl)c3)CC2)cc1F. The fourth-order valence-electron chi connectivity index (χ4n) is 4.21. The highest BCUT2D eigenvalue weighted by atomic mass is 35.5. The second-order valence-corrected chi connectivity index (χ2v) is 10.5. The van der Waals surface area contributed by atoms with Gasteiger partial charge in [-0.1, -0.05) is 49.0 Å². The summed E-state index contributed by atoms with van der Waals surface area (Å²) in [6.07, 6.45) is 5.88. The molecule has 0 radical (unpaired) electrons. The van der Waals surface area contributed by atoms with E-state index in [1.54, 1.807) is 32.6 Å². The number of likely N-dealkylation sites (tertiary alicyclic amines) is 1. The predicted molar refractivity (Wildman–Crippen MR) is 154 cm³/mol. The van der Waals surface area contributed by atoms with Crippen LogP contribution in [0.15, 0.2) is 30.3 Å². The zero-order chi connectivity index (χ0) is 27.4. The number of hydrogen-bond acceptors (Lipinski definition) is 5. The van der Waals surface area contributed by atoms with E-state index in [9.17, 15) is 9.18 Å². The number of benzene rings is 2. The van der Waals surface area contributed by atoms with Gasteiger partial charge < -0.3 is 9.47 Å². The van der Waals surface area contributed by atoms with Gasteiger partial charge in [0.15, 0.2) is 0 Å². The number of halogens is 3. The Morgan fingerprint density at radius 1 is 1.05 bits per heavy atom. The van der Waals surface area contributed by atoms with E-state index in [2.05, 4.69) is 14.4 Å². The molecular formula is C28H39Cl2FN2O3S. The van der Waals surface area contributed by atoms with Crippen molar-refractivity contribution in [3.8, 4) is 5.75 Å². The summed E-state index contributed by atoms with van der Waals surface area (Å²) in [5.41, 5.74) is 2.16. The maximum atomic E-state index is 14.6. The zero-order valence-corrected chi connectivity index (χ0v) is 24.7. The van der Waals surface area contributed by atoms with Gasteiger partial charge in [-0.3, -0.25) is 14.4 Å². The number of methoxy groups -OCH3 is 1. The molecule has 0 atom stereocenters. The van der Waals surface area contributed by atoms with Gasteiger partial charge in [-0.05, 0) is 86.0 Å². The first-order valence-electron chi connectivity index (χ1n) is 12.7. The fourth-order valence-corrected chi connectivity index (χ4v) is 5.08. The Morgan fingerprint density at radius 2 is 1.65 bits per heavy atom. The van der Waals surface area contributed by atoms with Gasteiger partial charge in [0.1, 0.15) is 11.6 Å². The average Bonchev–Trinajstić information content (AvgIpc) is 3.70. The first-order chi connectivity index (χ1) is 17.8. The lowest BCUT2D eigenvalue weighted by atomic mass is 9.97. The summed E-state index contributed by atoms with van der Waals surface area (Å²) >= 11 is 13.4. The van der Waals surface area contributed by atoms with Crippen LogP contribution in [0.25, 0.3) is 0 Å². The third-order valence-corrected chi connectivity index (χ3v) is 6.89. The Labute approximate surface area is 235 Å². The topological polar surface area (TPSA) is 50.8 Å². The van der Waals surface area contributed by atoms with Crippen LogP contribution in [0.5, 0.6) is 5.75 Å². The molecular weight excluding hydrogens is 534 g/mol. The maximum absolute atomic E-state index is 14.6. The second-order valence-electron chi connectivity index (χ2n) is 9.00. The largest absolute Gasteiger partial charge is 0.493 e. The number of piperidine rings is 1. The molecule has 0 aromatic heterocycles. The molecule has 2 aromatic carbocycles. The number of carbonyl (C=O) groups excluding carboxylic acids is 1. The van der Waals surface area contributed by atoms with E-state index >= 15 is 0 Å². The van der Waals surface area contributed by atoms with Crippen LogP contribution in [-0.4, -0.2) is 51.0 Å². The zero-order valence-electron chi connectivity index (χ0n) is 22.4. The summed E-state index contributed by atoms with van der Waals surface area (Å²) in [6.45, 7) is 7.32. The Hall–Kier alpha value is -1.51. The first-order valence-corrected chi connectivity index (χ1v) is 14.7. The first kappa shape index (κ1) is 31.7. The molecule has 2 fully saturated rings. The van der Waals surface area contributed by atoms with Gasteiger partial charge in [-0.15, -0.1) is 0 Å². The Balaban J connectivity index is 0.000000898. The van der Waals surface area contributed by atoms with Crippen molar-refractivity contribution in [3.05, 3.63) is 62.9 Å². The molecule has 1 saturated carbocycles. The molecule has 9 heteroatoms. The van der Waals surface area contributed by atoms with Crippen molar-refractivity contribution >= 4 is 41.1 Å². The molecule has 1 heterocycles. The number of carbonyl (C=O) groups is 1. The molecule has 1 aliphatic carbocycles. The van der Waals surface area contributed by atoms with Gasteiger partial charge in [-0.2, -0.15) is 0 Å². The number of ether oxygens (including phenoxy) is 2. The molecule has 1 N–H and O–H groups in total. The molecule has 2 aromatic rings. The molecule has 4 rings (SSSR count). The highest BCUT2D eigenvalue weighted by molar-refractivity contribution is 7.97. The highest BCUT2D eigenvalue weighted by Gasteiger charge is 2.30. The van der Waals surface area contributed by atoms with Crippen LogP contribution in [0.2, 0.25) is 10.0 Å². The Kier molecular flexibility index (Phi) is 14.1. The van der Waals surface area contributed by atoms with E-state index in [0.29, 0.717) is 34.2 Å². The van der Waals surface area contributed by atoms with E-state index in [-0.39, 0.29) is 5.56 Å². The second kappa shape index (κ2) is 16.5. The summed E-state index contributed by atoms with van der Waals surface area (Å²) in [5, 5.41) is 1.32. The van der Waals surface area contributed by atoms with E-state index in [0.717, 1.165) is 68.4 Å². The minimum atomic E-state index is -0.536. The van der Waals surface area contributed by atoms with E-state index in [1.807, 2.05) is 26.0 Å². The summed E-state index contributed by atoms with van der Waals surface area (Å²) in [6, 6.07) is 8.73. The number of rotatable bonds is 8. The lowest BCUT2D eigenvalue weighted by molar-refractivity contribution is 0.0980. The van der Waals surface area contributed by atoms with Gasteiger partial charge in [0.25, 0.3) is 5.91 Å². The molecule has 0 spiro atoms. The van der Waals surface area contributed by atoms with Gasteiger partial charge in [0.2, 0.25) is 0 Å². The van der Waals surface area contributed by atoms with Gasteiger partial charge >= 0.3 is 0 Å². The van der Waals surface area contributed by atoms with Crippen molar-refractivity contribution in [3.63, 3.8) is 0 Å². The summed E-state index contributed by atoms with van der Waals surface area (Å²) in [4.78, 5) is 14.5. The van der Waals surface area contributed by atoms with Crippen molar-refractivity contribution < 1.29 is 18.7 Å². The van der Waals surface area contributed by atoms with Crippen LogP contribution in [0.1, 0.15) is 66.9 Å². The minimum Gasteiger partial charge on any atom is -0.493 e. The summed E-state index contributed by atoms with van der Waals surface area (Å²) in [7, 11) is 3.25. The lowest BCUT2D eigenvalue weighted by Crippen LogP contribution is -2.35. The summed E-state index contributed by atoms with van der Waals surface area (Å²) in [5.74, 6) is 0.422. The number of amides is 1. The Morgan fingerprint density at radius 3 is 2.19 bits per heavy atom. The molecule has 1 saturated heterocycles. The van der Waals surface area contributed by atoms with Crippen LogP contribution in [-0.2, 0) is 11.3 Å². The molecule has 0 bridgehead atoms. The number of nitrogens with zero attached hydrogens (tertiary/aromatic N) is 1. The van der Waals surface area contributed by atoms with Crippen LogP contribution in [0.4, 0.5) is 4.39 Å². The molecule has 1 amide bonds. The van der Waals surface area contributed by atoms with Crippen LogP contribution in [0.3, 0.4) is 0 Å². The number of hydrogen-bond donors (Lipinski definition) is 1. The van der Waals surface area contributed by atoms with Crippen molar-refractivity contribution in [2.24, 2.45) is 5.92 Å². The van der Waals surface area contributed by atoms with E-state index in [4.69, 9.17) is 27.9 Å². The monoisotopic (exact) mass is 572 g/mol. The number of nitrogens with one attached hydrogen (secondary N) is 1. The van der Waals surface area contributed by atoms with Crippen LogP contribution < -0.4 is 9.46 Å². The van der Waals surface area contributed by atoms with Crippen molar-refractivity contribution in [2.45, 2.75) is 52.0 Å². The molecule has 37 heavy (non-hydrogen) atoms. The molecule has 2 aliphatic rings. The van der Waals surface area contributed by atoms with Crippen LogP contribution in [0, 0.1) is 11.7 Å². The smallest absolute Gasteiger partial charge is 0.264 e. The lowest BCUT2D eigenvalue weighted by Gasteiger charge is -2.32. The van der Waals surface area contributed by atoms with Gasteiger partial charge in [-0.25, -0.2) is 4.39 Å². The van der Waals surface area contributed by atoms with Gasteiger partial charge in [0, 0.05) is 43.1 Å². The standard InChI is InChI=1S/C24H27Cl2FN2O2S.C2H6O.C2H6/c1-32-28-24(30)21-11-20(17-2-3-17)23(12-22(21)27)31-14-15-4-6-29(7-5-15)13-16-8-18(25)10-19(26)9-16;1-3-2;1-2/h8-12,15,17H,2-7,13-14H2,1H3,(H,28,30);1-2H3;1-2H3. The summed E-state index contributed by atoms with van der Waals surface area (Å²) < 4.78 is 27.5. The van der Waals surface area contributed by atoms with E-state index in [1.165, 1.54) is 6.07 Å². The van der Waals surface area contributed by atoms with Gasteiger partial charge in [0.05, 0.1) is 12.2 Å². The van der Waals surface area contributed by atoms with Crippen molar-refractivity contribution in [1.82, 2.24) is 9.62 Å². The quantitative estimate of drug-likeness (QED) is 0.330. The molecule has 206 valence electrons. The molecule has 5 nitrogen and oxygen atoms in total. The van der Waals surface area contributed by atoms with Crippen molar-refractivity contribution in [1.29, 1.82) is 0 Å². The minimum absolute atomic E-state index is 0.0861. The van der Waals surface area contributed by atoms with E-state index < -0.39 is 11.7 Å². The third-order valence-electron chi connectivity index (χ3n) is 6.07. The van der Waals surface area contributed by atoms with Crippen molar-refractivity contribution in [2.75, 3.05) is 40.2 Å². The molecule has 0 unspecified atom stereocenters. The highest BCUT2D eigenvalue weighted by Crippen LogP contribution is 2.45. The fraction of sp³-hybridized carbons (Fsp3) is 0.536. The van der Waals surface area contributed by atoms with Crippen LogP contribution >= 0.6 is 35.1 Å². The average molecular weight is 574 g/mol. The Bertz CT molecular complexity index is 979. The molecule has 1 aliphatic heterocycles.